The van der Waals surface area contributed by atoms with Gasteiger partial charge in [0.25, 0.3) is 0 Å². The van der Waals surface area contributed by atoms with E-state index in [2.05, 4.69) is 26.7 Å². The largest absolute Gasteiger partial charge is 0.493 e. The van der Waals surface area contributed by atoms with E-state index in [9.17, 15) is 0 Å². The molecule has 0 saturated carbocycles. The number of fused-ring (bicyclic) bond motifs is 3. The van der Waals surface area contributed by atoms with Crippen molar-refractivity contribution in [1.29, 1.82) is 0 Å². The second-order valence-electron chi connectivity index (χ2n) is 6.33. The monoisotopic (exact) mass is 326 g/mol. The molecule has 1 aromatic carbocycles. The van der Waals surface area contributed by atoms with Crippen LogP contribution in [0, 0.1) is 5.92 Å². The maximum absolute atomic E-state index is 5.49. The van der Waals surface area contributed by atoms with Crippen LogP contribution in [0.25, 0.3) is 10.9 Å². The molecule has 0 radical (unpaired) electrons. The number of pyridine rings is 1. The maximum atomic E-state index is 5.49. The Bertz CT molecular complexity index is 816. The Morgan fingerprint density at radius 1 is 1.25 bits per heavy atom. The molecular weight excluding hydrogens is 304 g/mol. The van der Waals surface area contributed by atoms with Gasteiger partial charge in [-0.15, -0.1) is 0 Å². The van der Waals surface area contributed by atoms with Crippen molar-refractivity contribution in [1.82, 2.24) is 10.3 Å². The molecule has 2 aliphatic heterocycles. The van der Waals surface area contributed by atoms with E-state index in [1.807, 2.05) is 25.4 Å². The van der Waals surface area contributed by atoms with Crippen LogP contribution in [0.15, 0.2) is 30.7 Å². The van der Waals surface area contributed by atoms with Crippen LogP contribution < -0.4 is 24.6 Å². The van der Waals surface area contributed by atoms with Crippen LogP contribution in [0.5, 0.6) is 11.5 Å². The first-order valence-corrected chi connectivity index (χ1v) is 8.09. The number of hydrogen-bond donors (Lipinski definition) is 1. The van der Waals surface area contributed by atoms with Gasteiger partial charge in [0.15, 0.2) is 11.5 Å². The highest BCUT2D eigenvalue weighted by molar-refractivity contribution is 6.03. The summed E-state index contributed by atoms with van der Waals surface area (Å²) in [5, 5.41) is 4.40. The molecule has 1 aromatic heterocycles. The molecule has 3 heterocycles. The normalized spacial score (nSPS) is 17.2. The standard InChI is InChI=1S/C18H22N4O2/c1-11-21(2)15-9-20-14-6-17(24-4)16(23-3)5-13(14)18(15)22(11)10-12-7-19-8-12/h5-6,9,12,19H,1,7-8,10H2,2-4H3. The number of nitrogens with one attached hydrogen (secondary N) is 1. The molecule has 1 fully saturated rings. The van der Waals surface area contributed by atoms with Gasteiger partial charge < -0.3 is 24.6 Å². The fourth-order valence-corrected chi connectivity index (χ4v) is 3.41. The molecule has 0 spiro atoms. The summed E-state index contributed by atoms with van der Waals surface area (Å²) in [5.41, 5.74) is 3.12. The van der Waals surface area contributed by atoms with Crippen molar-refractivity contribution in [3.05, 3.63) is 30.7 Å². The van der Waals surface area contributed by atoms with Gasteiger partial charge >= 0.3 is 0 Å². The van der Waals surface area contributed by atoms with Crippen molar-refractivity contribution in [3.8, 4) is 11.5 Å². The SMILES string of the molecule is C=C1N(C)c2cnc3cc(OC)c(OC)cc3c2N1CC1CNC1. The van der Waals surface area contributed by atoms with Gasteiger partial charge in [-0.25, -0.2) is 0 Å². The zero-order chi connectivity index (χ0) is 16.8. The summed E-state index contributed by atoms with van der Waals surface area (Å²) in [6, 6.07) is 3.94. The van der Waals surface area contributed by atoms with Crippen molar-refractivity contribution in [2.45, 2.75) is 0 Å². The molecule has 0 atom stereocenters. The molecule has 0 bridgehead atoms. The Labute approximate surface area is 141 Å². The fraction of sp³-hybridized carbons (Fsp3) is 0.389. The second-order valence-corrected chi connectivity index (χ2v) is 6.33. The Kier molecular flexibility index (Phi) is 3.49. The summed E-state index contributed by atoms with van der Waals surface area (Å²) in [6.45, 7) is 7.35. The zero-order valence-corrected chi connectivity index (χ0v) is 14.3. The van der Waals surface area contributed by atoms with E-state index in [-0.39, 0.29) is 0 Å². The summed E-state index contributed by atoms with van der Waals surface area (Å²) in [5.74, 6) is 3.04. The third-order valence-electron chi connectivity index (χ3n) is 4.96. The molecule has 2 aliphatic rings. The lowest BCUT2D eigenvalue weighted by atomic mass is 10.0. The summed E-state index contributed by atoms with van der Waals surface area (Å²) in [6.07, 6.45) is 1.91. The number of rotatable bonds is 4. The third-order valence-corrected chi connectivity index (χ3v) is 4.96. The van der Waals surface area contributed by atoms with Gasteiger partial charge in [-0.05, 0) is 6.07 Å². The van der Waals surface area contributed by atoms with Gasteiger partial charge in [-0.1, -0.05) is 6.58 Å². The molecule has 0 unspecified atom stereocenters. The molecular formula is C18H22N4O2. The molecule has 0 aliphatic carbocycles. The van der Waals surface area contributed by atoms with Crippen molar-refractivity contribution in [2.24, 2.45) is 5.92 Å². The van der Waals surface area contributed by atoms with E-state index < -0.39 is 0 Å². The average molecular weight is 326 g/mol. The van der Waals surface area contributed by atoms with Crippen LogP contribution in [-0.4, -0.2) is 45.9 Å². The predicted octanol–water partition coefficient (Wildman–Crippen LogP) is 2.20. The molecule has 126 valence electrons. The Morgan fingerprint density at radius 2 is 1.96 bits per heavy atom. The lowest BCUT2D eigenvalue weighted by molar-refractivity contribution is 0.354. The molecule has 0 amide bonds. The first kappa shape index (κ1) is 15.1. The first-order valence-electron chi connectivity index (χ1n) is 8.09. The lowest BCUT2D eigenvalue weighted by Crippen LogP contribution is -2.48. The molecule has 6 nitrogen and oxygen atoms in total. The molecule has 6 heteroatoms. The highest BCUT2D eigenvalue weighted by atomic mass is 16.5. The minimum absolute atomic E-state index is 0.643. The Morgan fingerprint density at radius 3 is 2.58 bits per heavy atom. The number of nitrogens with zero attached hydrogens (tertiary/aromatic N) is 3. The summed E-state index contributed by atoms with van der Waals surface area (Å²) in [7, 11) is 5.33. The number of benzene rings is 1. The van der Waals surface area contributed by atoms with Gasteiger partial charge in [-0.3, -0.25) is 4.98 Å². The molecule has 1 saturated heterocycles. The molecule has 24 heavy (non-hydrogen) atoms. The van der Waals surface area contributed by atoms with Crippen molar-refractivity contribution < 1.29 is 9.47 Å². The van der Waals surface area contributed by atoms with Gasteiger partial charge in [0.1, 0.15) is 5.82 Å². The highest BCUT2D eigenvalue weighted by Crippen LogP contribution is 2.46. The minimum atomic E-state index is 0.643. The lowest BCUT2D eigenvalue weighted by Gasteiger charge is -2.33. The van der Waals surface area contributed by atoms with Crippen LogP contribution in [0.1, 0.15) is 0 Å². The predicted molar refractivity (Wildman–Crippen MR) is 96.1 cm³/mol. The number of methoxy groups -OCH3 is 2. The topological polar surface area (TPSA) is 49.9 Å². The highest BCUT2D eigenvalue weighted by Gasteiger charge is 2.33. The van der Waals surface area contributed by atoms with Crippen LogP contribution in [0.3, 0.4) is 0 Å². The molecule has 2 aromatic rings. The van der Waals surface area contributed by atoms with E-state index in [0.717, 1.165) is 47.7 Å². The number of ether oxygens (including phenoxy) is 2. The van der Waals surface area contributed by atoms with Crippen LogP contribution in [-0.2, 0) is 0 Å². The van der Waals surface area contributed by atoms with Gasteiger partial charge in [0, 0.05) is 44.1 Å². The maximum Gasteiger partial charge on any atom is 0.162 e. The first-order chi connectivity index (χ1) is 11.6. The van der Waals surface area contributed by atoms with Crippen molar-refractivity contribution in [3.63, 3.8) is 0 Å². The van der Waals surface area contributed by atoms with Crippen LogP contribution >= 0.6 is 0 Å². The zero-order valence-electron chi connectivity index (χ0n) is 14.3. The second kappa shape index (κ2) is 5.56. The van der Waals surface area contributed by atoms with Gasteiger partial charge in [0.05, 0.1) is 37.3 Å². The van der Waals surface area contributed by atoms with Gasteiger partial charge in [0.2, 0.25) is 0 Å². The van der Waals surface area contributed by atoms with Crippen molar-refractivity contribution in [2.75, 3.05) is 50.7 Å². The third kappa shape index (κ3) is 2.10. The fourth-order valence-electron chi connectivity index (χ4n) is 3.41. The van der Waals surface area contributed by atoms with E-state index >= 15 is 0 Å². The number of aromatic nitrogens is 1. The summed E-state index contributed by atoms with van der Waals surface area (Å²) in [4.78, 5) is 9.02. The van der Waals surface area contributed by atoms with E-state index in [0.29, 0.717) is 17.4 Å². The smallest absolute Gasteiger partial charge is 0.162 e. The molecule has 1 N–H and O–H groups in total. The number of anilines is 2. The quantitative estimate of drug-likeness (QED) is 0.929. The van der Waals surface area contributed by atoms with Crippen molar-refractivity contribution >= 4 is 22.3 Å². The molecule has 4 rings (SSSR count). The summed E-state index contributed by atoms with van der Waals surface area (Å²) < 4.78 is 10.9. The number of hydrogen-bond acceptors (Lipinski definition) is 6. The van der Waals surface area contributed by atoms with Crippen LogP contribution in [0.2, 0.25) is 0 Å². The average Bonchev–Trinajstić information content (AvgIpc) is 2.81. The Hall–Kier alpha value is -2.47. The van der Waals surface area contributed by atoms with Crippen LogP contribution in [0.4, 0.5) is 11.4 Å². The van der Waals surface area contributed by atoms with E-state index in [1.54, 1.807) is 14.2 Å². The van der Waals surface area contributed by atoms with E-state index in [1.165, 1.54) is 0 Å². The minimum Gasteiger partial charge on any atom is -0.493 e. The Balaban J connectivity index is 1.89. The van der Waals surface area contributed by atoms with Gasteiger partial charge in [-0.2, -0.15) is 0 Å². The van der Waals surface area contributed by atoms with E-state index in [4.69, 9.17) is 9.47 Å². The summed E-state index contributed by atoms with van der Waals surface area (Å²) >= 11 is 0.